The van der Waals surface area contributed by atoms with Crippen molar-refractivity contribution in [2.45, 2.75) is 39.5 Å². The van der Waals surface area contributed by atoms with Gasteiger partial charge in [-0.15, -0.1) is 0 Å². The van der Waals surface area contributed by atoms with Crippen LogP contribution in [-0.4, -0.2) is 18.4 Å². The summed E-state index contributed by atoms with van der Waals surface area (Å²) in [5.41, 5.74) is 1.67. The molecule has 0 bridgehead atoms. The molecule has 0 radical (unpaired) electrons. The van der Waals surface area contributed by atoms with E-state index < -0.39 is 0 Å². The summed E-state index contributed by atoms with van der Waals surface area (Å²) in [6.45, 7) is 4.74. The van der Waals surface area contributed by atoms with Crippen LogP contribution in [0.1, 0.15) is 38.2 Å². The van der Waals surface area contributed by atoms with E-state index in [1.165, 1.54) is 0 Å². The van der Waals surface area contributed by atoms with Gasteiger partial charge >= 0.3 is 0 Å². The highest BCUT2D eigenvalue weighted by Gasteiger charge is 2.47. The highest BCUT2D eigenvalue weighted by atomic mass is 35.5. The van der Waals surface area contributed by atoms with E-state index in [4.69, 9.17) is 11.6 Å². The number of carbonyl (C=O) groups excluding carboxylic acids is 2. The first kappa shape index (κ1) is 16.8. The molecule has 2 rings (SSSR count). The number of aryl methyl sites for hydroxylation is 1. The van der Waals surface area contributed by atoms with Crippen LogP contribution in [-0.2, 0) is 9.59 Å². The Kier molecular flexibility index (Phi) is 5.83. The van der Waals surface area contributed by atoms with Crippen molar-refractivity contribution in [1.29, 1.82) is 0 Å². The molecule has 2 N–H and O–H groups in total. The average Bonchev–Trinajstić information content (AvgIpc) is 3.28. The average molecular weight is 323 g/mol. The van der Waals surface area contributed by atoms with Gasteiger partial charge in [-0.05, 0) is 37.5 Å². The number of benzene rings is 1. The van der Waals surface area contributed by atoms with Crippen molar-refractivity contribution in [2.75, 3.05) is 11.9 Å². The first-order valence-corrected chi connectivity index (χ1v) is 8.25. The Balaban J connectivity index is 1.80. The van der Waals surface area contributed by atoms with Gasteiger partial charge in [-0.3, -0.25) is 9.59 Å². The summed E-state index contributed by atoms with van der Waals surface area (Å²) in [7, 11) is 0. The molecule has 1 fully saturated rings. The van der Waals surface area contributed by atoms with Crippen molar-refractivity contribution in [3.63, 3.8) is 0 Å². The maximum atomic E-state index is 12.2. The second-order valence-electron chi connectivity index (χ2n) is 5.90. The SMILES string of the molecule is CCCCCNC(=O)C1CC1C(=O)Nc1cc(Cl)ccc1C. The van der Waals surface area contributed by atoms with E-state index in [1.54, 1.807) is 12.1 Å². The molecule has 1 aliphatic rings. The van der Waals surface area contributed by atoms with Crippen LogP contribution in [0.4, 0.5) is 5.69 Å². The maximum absolute atomic E-state index is 12.2. The van der Waals surface area contributed by atoms with E-state index in [1.807, 2.05) is 13.0 Å². The predicted molar refractivity (Wildman–Crippen MR) is 89.0 cm³/mol. The summed E-state index contributed by atoms with van der Waals surface area (Å²) in [5.74, 6) is -0.496. The number of nitrogens with one attached hydrogen (secondary N) is 2. The largest absolute Gasteiger partial charge is 0.356 e. The van der Waals surface area contributed by atoms with Gasteiger partial charge < -0.3 is 10.6 Å². The standard InChI is InChI=1S/C17H23ClN2O2/c1-3-4-5-8-19-16(21)13-10-14(13)17(22)20-15-9-12(18)7-6-11(15)2/h6-7,9,13-14H,3-5,8,10H2,1-2H3,(H,19,21)(H,20,22). The van der Waals surface area contributed by atoms with E-state index in [9.17, 15) is 9.59 Å². The highest BCUT2D eigenvalue weighted by molar-refractivity contribution is 6.31. The smallest absolute Gasteiger partial charge is 0.228 e. The van der Waals surface area contributed by atoms with E-state index in [0.717, 1.165) is 24.8 Å². The molecule has 0 saturated heterocycles. The fraction of sp³-hybridized carbons (Fsp3) is 0.529. The molecule has 1 aromatic carbocycles. The molecule has 1 aliphatic carbocycles. The number of anilines is 1. The molecule has 2 unspecified atom stereocenters. The Labute approximate surface area is 136 Å². The Bertz CT molecular complexity index is 560. The first-order valence-electron chi connectivity index (χ1n) is 7.87. The highest BCUT2D eigenvalue weighted by Crippen LogP contribution is 2.39. The summed E-state index contributed by atoms with van der Waals surface area (Å²) in [6.07, 6.45) is 3.87. The van der Waals surface area contributed by atoms with Crippen molar-refractivity contribution < 1.29 is 9.59 Å². The zero-order chi connectivity index (χ0) is 16.1. The van der Waals surface area contributed by atoms with Gasteiger partial charge in [-0.1, -0.05) is 37.4 Å². The summed E-state index contributed by atoms with van der Waals surface area (Å²) < 4.78 is 0. The normalized spacial score (nSPS) is 19.6. The van der Waals surface area contributed by atoms with Gasteiger partial charge in [0.2, 0.25) is 11.8 Å². The Morgan fingerprint density at radius 3 is 2.68 bits per heavy atom. The van der Waals surface area contributed by atoms with Gasteiger partial charge in [0, 0.05) is 17.3 Å². The topological polar surface area (TPSA) is 58.2 Å². The molecule has 1 saturated carbocycles. The van der Waals surface area contributed by atoms with Gasteiger partial charge in [-0.25, -0.2) is 0 Å². The Hall–Kier alpha value is -1.55. The zero-order valence-corrected chi connectivity index (χ0v) is 13.9. The summed E-state index contributed by atoms with van der Waals surface area (Å²) >= 11 is 5.94. The number of hydrogen-bond acceptors (Lipinski definition) is 2. The molecular weight excluding hydrogens is 300 g/mol. The van der Waals surface area contributed by atoms with Gasteiger partial charge in [0.25, 0.3) is 0 Å². The molecule has 1 aromatic rings. The zero-order valence-electron chi connectivity index (χ0n) is 13.1. The lowest BCUT2D eigenvalue weighted by Crippen LogP contribution is -2.28. The van der Waals surface area contributed by atoms with Crippen LogP contribution in [0.15, 0.2) is 18.2 Å². The molecule has 22 heavy (non-hydrogen) atoms. The van der Waals surface area contributed by atoms with Gasteiger partial charge in [-0.2, -0.15) is 0 Å². The van der Waals surface area contributed by atoms with Crippen LogP contribution in [0.25, 0.3) is 0 Å². The third kappa shape index (κ3) is 4.47. The van der Waals surface area contributed by atoms with Gasteiger partial charge in [0.15, 0.2) is 0 Å². The number of halogens is 1. The van der Waals surface area contributed by atoms with E-state index >= 15 is 0 Å². The number of rotatable bonds is 7. The van der Waals surface area contributed by atoms with E-state index in [2.05, 4.69) is 17.6 Å². The maximum Gasteiger partial charge on any atom is 0.228 e. The monoisotopic (exact) mass is 322 g/mol. The quantitative estimate of drug-likeness (QED) is 0.754. The van der Waals surface area contributed by atoms with Crippen molar-refractivity contribution >= 4 is 29.1 Å². The fourth-order valence-corrected chi connectivity index (χ4v) is 2.62. The number of unbranched alkanes of at least 4 members (excludes halogenated alkanes) is 2. The van der Waals surface area contributed by atoms with Crippen molar-refractivity contribution in [1.82, 2.24) is 5.32 Å². The molecule has 0 spiro atoms. The minimum absolute atomic E-state index is 0.000862. The first-order chi connectivity index (χ1) is 10.5. The molecule has 2 atom stereocenters. The molecule has 0 heterocycles. The summed E-state index contributed by atoms with van der Waals surface area (Å²) in [6, 6.07) is 5.38. The fourth-order valence-electron chi connectivity index (χ4n) is 2.45. The molecule has 4 nitrogen and oxygen atoms in total. The molecule has 5 heteroatoms. The summed E-state index contributed by atoms with van der Waals surface area (Å²) in [4.78, 5) is 24.1. The number of amides is 2. The minimum Gasteiger partial charge on any atom is -0.356 e. The molecule has 2 amide bonds. The van der Waals surface area contributed by atoms with Crippen molar-refractivity contribution in [2.24, 2.45) is 11.8 Å². The van der Waals surface area contributed by atoms with Gasteiger partial charge in [0.1, 0.15) is 0 Å². The van der Waals surface area contributed by atoms with E-state index in [-0.39, 0.29) is 23.7 Å². The lowest BCUT2D eigenvalue weighted by Gasteiger charge is -2.09. The molecule has 0 aromatic heterocycles. The van der Waals surface area contributed by atoms with Crippen molar-refractivity contribution in [3.05, 3.63) is 28.8 Å². The molecular formula is C17H23ClN2O2. The second-order valence-corrected chi connectivity index (χ2v) is 6.33. The Morgan fingerprint density at radius 1 is 1.23 bits per heavy atom. The summed E-state index contributed by atoms with van der Waals surface area (Å²) in [5, 5.41) is 6.36. The lowest BCUT2D eigenvalue weighted by atomic mass is 10.2. The third-order valence-corrected chi connectivity index (χ3v) is 4.24. The van der Waals surface area contributed by atoms with Crippen molar-refractivity contribution in [3.8, 4) is 0 Å². The van der Waals surface area contributed by atoms with Crippen LogP contribution >= 0.6 is 11.6 Å². The second kappa shape index (κ2) is 7.63. The molecule has 0 aliphatic heterocycles. The van der Waals surface area contributed by atoms with Gasteiger partial charge in [0.05, 0.1) is 11.8 Å². The van der Waals surface area contributed by atoms with Crippen LogP contribution in [0.3, 0.4) is 0 Å². The van der Waals surface area contributed by atoms with Crippen LogP contribution in [0, 0.1) is 18.8 Å². The molecule has 120 valence electrons. The number of carbonyl (C=O) groups is 2. The van der Waals surface area contributed by atoms with Crippen LogP contribution in [0.2, 0.25) is 5.02 Å². The predicted octanol–water partition coefficient (Wildman–Crippen LogP) is 3.53. The minimum atomic E-state index is -0.218. The van der Waals surface area contributed by atoms with Crippen LogP contribution < -0.4 is 10.6 Å². The third-order valence-electron chi connectivity index (χ3n) is 4.00. The van der Waals surface area contributed by atoms with E-state index in [0.29, 0.717) is 23.7 Å². The van der Waals surface area contributed by atoms with Crippen LogP contribution in [0.5, 0.6) is 0 Å². The number of hydrogen-bond donors (Lipinski definition) is 2. The lowest BCUT2D eigenvalue weighted by molar-refractivity contribution is -0.125. The Morgan fingerprint density at radius 2 is 1.95 bits per heavy atom.